The molecule has 22 heavy (non-hydrogen) atoms. The molecule has 0 saturated carbocycles. The van der Waals surface area contributed by atoms with E-state index in [1.165, 1.54) is 0 Å². The summed E-state index contributed by atoms with van der Waals surface area (Å²) in [4.78, 5) is 0. The van der Waals surface area contributed by atoms with Gasteiger partial charge in [-0.15, -0.1) is 6.58 Å². The Labute approximate surface area is 133 Å². The lowest BCUT2D eigenvalue weighted by molar-refractivity contribution is -0.310. The summed E-state index contributed by atoms with van der Waals surface area (Å²) in [5, 5.41) is 10.4. The maximum atomic E-state index is 10.4. The van der Waals surface area contributed by atoms with E-state index in [2.05, 4.69) is 20.4 Å². The second-order valence-electron chi connectivity index (χ2n) is 7.59. The van der Waals surface area contributed by atoms with E-state index in [-0.39, 0.29) is 29.5 Å². The van der Waals surface area contributed by atoms with Gasteiger partial charge in [0.25, 0.3) is 0 Å². The van der Waals surface area contributed by atoms with Crippen LogP contribution >= 0.6 is 0 Å². The molecule has 3 rings (SSSR count). The Morgan fingerprint density at radius 2 is 2.05 bits per heavy atom. The molecule has 3 heterocycles. The van der Waals surface area contributed by atoms with Gasteiger partial charge in [0.15, 0.2) is 0 Å². The minimum atomic E-state index is -0.450. The highest BCUT2D eigenvalue weighted by molar-refractivity contribution is 5.06. The van der Waals surface area contributed by atoms with Crippen LogP contribution < -0.4 is 0 Å². The first-order valence-corrected chi connectivity index (χ1v) is 8.73. The van der Waals surface area contributed by atoms with Crippen molar-refractivity contribution < 1.29 is 19.3 Å². The van der Waals surface area contributed by atoms with Crippen LogP contribution in [0.15, 0.2) is 12.7 Å². The summed E-state index contributed by atoms with van der Waals surface area (Å²) in [6, 6.07) is 0. The largest absolute Gasteiger partial charge is 0.390 e. The van der Waals surface area contributed by atoms with Gasteiger partial charge >= 0.3 is 0 Å². The molecule has 0 aromatic rings. The summed E-state index contributed by atoms with van der Waals surface area (Å²) in [6.45, 7) is 8.86. The lowest BCUT2D eigenvalue weighted by Crippen LogP contribution is -2.66. The highest BCUT2D eigenvalue weighted by Gasteiger charge is 2.57. The summed E-state index contributed by atoms with van der Waals surface area (Å²) in [6.07, 6.45) is 7.84. The fourth-order valence-electron chi connectivity index (χ4n) is 4.42. The van der Waals surface area contributed by atoms with Gasteiger partial charge in [-0.2, -0.15) is 0 Å². The lowest BCUT2D eigenvalue weighted by atomic mass is 9.74. The molecule has 0 aliphatic carbocycles. The molecule has 4 heteroatoms. The summed E-state index contributed by atoms with van der Waals surface area (Å²) in [5.41, 5.74) is -0.645. The minimum absolute atomic E-state index is 0.0396. The molecule has 3 aliphatic rings. The van der Waals surface area contributed by atoms with E-state index in [1.54, 1.807) is 0 Å². The van der Waals surface area contributed by atoms with Crippen LogP contribution in [-0.2, 0) is 14.2 Å². The topological polar surface area (TPSA) is 47.9 Å². The fourth-order valence-corrected chi connectivity index (χ4v) is 4.42. The van der Waals surface area contributed by atoms with Crippen LogP contribution in [0.25, 0.3) is 0 Å². The first-order chi connectivity index (χ1) is 10.5. The normalized spacial score (nSPS) is 48.9. The lowest BCUT2D eigenvalue weighted by Gasteiger charge is -2.56. The van der Waals surface area contributed by atoms with E-state index in [9.17, 15) is 5.11 Å². The van der Waals surface area contributed by atoms with Crippen molar-refractivity contribution in [2.45, 2.75) is 94.4 Å². The van der Waals surface area contributed by atoms with Crippen molar-refractivity contribution in [2.24, 2.45) is 0 Å². The molecular formula is C18H30O4. The zero-order chi connectivity index (χ0) is 15.8. The second-order valence-corrected chi connectivity index (χ2v) is 7.59. The average Bonchev–Trinajstić information content (AvgIpc) is 2.64. The summed E-state index contributed by atoms with van der Waals surface area (Å²) >= 11 is 0. The number of ether oxygens (including phenoxy) is 3. The molecule has 4 nitrogen and oxygen atoms in total. The van der Waals surface area contributed by atoms with Crippen LogP contribution in [0, 0.1) is 0 Å². The number of aliphatic hydroxyl groups is 1. The number of rotatable bonds is 3. The highest BCUT2D eigenvalue weighted by atomic mass is 16.6. The number of aliphatic hydroxyl groups excluding tert-OH is 1. The fraction of sp³-hybridized carbons (Fsp3) is 0.889. The number of hydrogen-bond acceptors (Lipinski definition) is 4. The van der Waals surface area contributed by atoms with Crippen LogP contribution in [0.5, 0.6) is 0 Å². The van der Waals surface area contributed by atoms with Crippen LogP contribution in [0.1, 0.15) is 58.8 Å². The molecule has 3 fully saturated rings. The van der Waals surface area contributed by atoms with E-state index >= 15 is 0 Å². The van der Waals surface area contributed by atoms with E-state index in [0.29, 0.717) is 6.42 Å². The van der Waals surface area contributed by atoms with Crippen LogP contribution in [0.4, 0.5) is 0 Å². The zero-order valence-corrected chi connectivity index (χ0v) is 13.9. The van der Waals surface area contributed by atoms with Crippen LogP contribution in [0.3, 0.4) is 0 Å². The first-order valence-electron chi connectivity index (χ1n) is 8.73. The Balaban J connectivity index is 1.77. The van der Waals surface area contributed by atoms with Crippen molar-refractivity contribution in [3.8, 4) is 0 Å². The highest BCUT2D eigenvalue weighted by Crippen LogP contribution is 2.47. The quantitative estimate of drug-likeness (QED) is 0.814. The standard InChI is InChI=1S/C18H30O4/c1-4-5-8-14-13(19)11-16-18(3,22-14)12-17(2)15(21-16)9-6-7-10-20-17/h4,13-16,19H,1,5-12H2,2-3H3/t13-,14+,15-,16+,17+,18-/m1/s1. The number of allylic oxidation sites excluding steroid dienone is 1. The SMILES string of the molecule is C=CCC[C@@H]1O[C@]2(C)C[C@]3(C)OCCCC[C@H]3O[C@H]2C[C@H]1O. The van der Waals surface area contributed by atoms with Crippen molar-refractivity contribution >= 4 is 0 Å². The van der Waals surface area contributed by atoms with E-state index in [4.69, 9.17) is 14.2 Å². The Morgan fingerprint density at radius 3 is 2.82 bits per heavy atom. The molecule has 0 aromatic heterocycles. The van der Waals surface area contributed by atoms with Gasteiger partial charge in [0.1, 0.15) is 0 Å². The van der Waals surface area contributed by atoms with Gasteiger partial charge in [-0.05, 0) is 46.0 Å². The molecule has 126 valence electrons. The van der Waals surface area contributed by atoms with E-state index < -0.39 is 6.10 Å². The Bertz CT molecular complexity index is 412. The Kier molecular flexibility index (Phi) is 4.66. The van der Waals surface area contributed by atoms with Gasteiger partial charge < -0.3 is 19.3 Å². The van der Waals surface area contributed by atoms with E-state index in [0.717, 1.165) is 45.1 Å². The third kappa shape index (κ3) is 2.99. The summed E-state index contributed by atoms with van der Waals surface area (Å²) in [7, 11) is 0. The van der Waals surface area contributed by atoms with Crippen LogP contribution in [-0.4, -0.2) is 47.3 Å². The maximum Gasteiger partial charge on any atom is 0.0949 e. The van der Waals surface area contributed by atoms with Gasteiger partial charge in [-0.25, -0.2) is 0 Å². The summed E-state index contributed by atoms with van der Waals surface area (Å²) < 4.78 is 18.9. The van der Waals surface area contributed by atoms with Crippen molar-refractivity contribution in [3.63, 3.8) is 0 Å². The molecule has 3 saturated heterocycles. The molecule has 3 aliphatic heterocycles. The average molecular weight is 310 g/mol. The predicted molar refractivity (Wildman–Crippen MR) is 84.8 cm³/mol. The van der Waals surface area contributed by atoms with Crippen molar-refractivity contribution in [2.75, 3.05) is 6.61 Å². The van der Waals surface area contributed by atoms with Gasteiger partial charge in [0.05, 0.1) is 35.6 Å². The first kappa shape index (κ1) is 16.4. The van der Waals surface area contributed by atoms with Gasteiger partial charge in [0, 0.05) is 19.4 Å². The third-order valence-corrected chi connectivity index (χ3v) is 5.65. The Morgan fingerprint density at radius 1 is 1.23 bits per heavy atom. The molecule has 0 radical (unpaired) electrons. The molecule has 1 N–H and O–H groups in total. The summed E-state index contributed by atoms with van der Waals surface area (Å²) in [5.74, 6) is 0. The maximum absolute atomic E-state index is 10.4. The van der Waals surface area contributed by atoms with Gasteiger partial charge in [-0.1, -0.05) is 6.08 Å². The van der Waals surface area contributed by atoms with Crippen molar-refractivity contribution in [1.82, 2.24) is 0 Å². The molecule has 6 atom stereocenters. The molecule has 0 bridgehead atoms. The van der Waals surface area contributed by atoms with Crippen molar-refractivity contribution in [3.05, 3.63) is 12.7 Å². The monoisotopic (exact) mass is 310 g/mol. The van der Waals surface area contributed by atoms with Gasteiger partial charge in [-0.3, -0.25) is 0 Å². The number of hydrogen-bond donors (Lipinski definition) is 1. The van der Waals surface area contributed by atoms with Crippen molar-refractivity contribution in [1.29, 1.82) is 0 Å². The van der Waals surface area contributed by atoms with Crippen LogP contribution in [0.2, 0.25) is 0 Å². The molecule has 0 amide bonds. The Hall–Kier alpha value is -0.420. The molecular weight excluding hydrogens is 280 g/mol. The third-order valence-electron chi connectivity index (χ3n) is 5.65. The van der Waals surface area contributed by atoms with Gasteiger partial charge in [0.2, 0.25) is 0 Å². The molecule has 0 aromatic carbocycles. The second kappa shape index (κ2) is 6.23. The van der Waals surface area contributed by atoms with E-state index in [1.807, 2.05) is 6.08 Å². The predicted octanol–water partition coefficient (Wildman–Crippen LogP) is 2.98. The zero-order valence-electron chi connectivity index (χ0n) is 13.9. The minimum Gasteiger partial charge on any atom is -0.390 e. The smallest absolute Gasteiger partial charge is 0.0949 e. The molecule has 0 unspecified atom stereocenters. The molecule has 0 spiro atoms. The number of fused-ring (bicyclic) bond motifs is 2.